The molecule has 68 valence electrons. The fraction of sp³-hybridized carbons (Fsp3) is 0.400. The average Bonchev–Trinajstić information content (AvgIpc) is 2.52. The third-order valence-corrected chi connectivity index (χ3v) is 2.07. The molecule has 0 N–H and O–H groups in total. The van der Waals surface area contributed by atoms with Crippen LogP contribution in [0.1, 0.15) is 24.7 Å². The molecule has 0 radical (unpaired) electrons. The van der Waals surface area contributed by atoms with Gasteiger partial charge in [0.15, 0.2) is 0 Å². The van der Waals surface area contributed by atoms with Gasteiger partial charge in [-0.15, -0.1) is 0 Å². The Balaban J connectivity index is 2.63. The zero-order valence-electron chi connectivity index (χ0n) is 7.99. The second-order valence-corrected chi connectivity index (χ2v) is 3.24. The molecule has 2 heterocycles. The molecule has 0 atom stereocenters. The van der Waals surface area contributed by atoms with Crippen LogP contribution >= 0.6 is 0 Å². The van der Waals surface area contributed by atoms with Gasteiger partial charge in [0, 0.05) is 0 Å². The lowest BCUT2D eigenvalue weighted by Crippen LogP contribution is -1.98. The number of fused-ring (bicyclic) bond motifs is 1. The van der Waals surface area contributed by atoms with Gasteiger partial charge in [-0.1, -0.05) is 13.3 Å². The van der Waals surface area contributed by atoms with Gasteiger partial charge in [-0.2, -0.15) is 5.10 Å². The minimum absolute atomic E-state index is 1.02. The summed E-state index contributed by atoms with van der Waals surface area (Å²) in [4.78, 5) is 4.50. The molecule has 0 bridgehead atoms. The van der Waals surface area contributed by atoms with Crippen molar-refractivity contribution in [3.05, 3.63) is 29.8 Å². The van der Waals surface area contributed by atoms with Gasteiger partial charge < -0.3 is 0 Å². The molecule has 3 nitrogen and oxygen atoms in total. The van der Waals surface area contributed by atoms with Crippen molar-refractivity contribution in [1.29, 1.82) is 0 Å². The topological polar surface area (TPSA) is 30.2 Å². The highest BCUT2D eigenvalue weighted by Crippen LogP contribution is 2.10. The van der Waals surface area contributed by atoms with Crippen LogP contribution in [0.2, 0.25) is 0 Å². The van der Waals surface area contributed by atoms with E-state index >= 15 is 0 Å². The van der Waals surface area contributed by atoms with Crippen LogP contribution in [0.5, 0.6) is 0 Å². The molecule has 0 amide bonds. The predicted molar refractivity (Wildman–Crippen MR) is 51.7 cm³/mol. The Morgan fingerprint density at radius 1 is 1.46 bits per heavy atom. The van der Waals surface area contributed by atoms with E-state index < -0.39 is 0 Å². The third kappa shape index (κ3) is 1.41. The first-order valence-corrected chi connectivity index (χ1v) is 4.61. The Labute approximate surface area is 77.4 Å². The summed E-state index contributed by atoms with van der Waals surface area (Å²) < 4.78 is 1.90. The molecule has 2 aromatic rings. The van der Waals surface area contributed by atoms with E-state index in [0.717, 1.165) is 29.7 Å². The molecule has 0 saturated heterocycles. The molecule has 0 aromatic carbocycles. The average molecular weight is 175 g/mol. The van der Waals surface area contributed by atoms with Crippen LogP contribution in [0.4, 0.5) is 0 Å². The number of aromatic nitrogens is 3. The number of hydrogen-bond donors (Lipinski definition) is 0. The fourth-order valence-corrected chi connectivity index (χ4v) is 1.54. The molecule has 0 fully saturated rings. The van der Waals surface area contributed by atoms with E-state index in [9.17, 15) is 0 Å². The largest absolute Gasteiger partial charge is 0.254 e. The zero-order valence-corrected chi connectivity index (χ0v) is 7.99. The van der Waals surface area contributed by atoms with E-state index in [0.29, 0.717) is 0 Å². The van der Waals surface area contributed by atoms with E-state index in [-0.39, 0.29) is 0 Å². The second kappa shape index (κ2) is 3.17. The Morgan fingerprint density at radius 3 is 3.08 bits per heavy atom. The van der Waals surface area contributed by atoms with Crippen molar-refractivity contribution in [3.63, 3.8) is 0 Å². The molecule has 0 aliphatic heterocycles. The standard InChI is InChI=1S/C10H13N3/c1-3-4-9-10-5-6-11-13(10)7-8(2)12-9/h5-7H,3-4H2,1-2H3. The maximum absolute atomic E-state index is 4.50. The van der Waals surface area contributed by atoms with Gasteiger partial charge in [0.2, 0.25) is 0 Å². The van der Waals surface area contributed by atoms with E-state index in [4.69, 9.17) is 0 Å². The first-order valence-electron chi connectivity index (χ1n) is 4.61. The van der Waals surface area contributed by atoms with Crippen LogP contribution in [0.3, 0.4) is 0 Å². The van der Waals surface area contributed by atoms with Gasteiger partial charge >= 0.3 is 0 Å². The Bertz CT molecular complexity index is 417. The van der Waals surface area contributed by atoms with Crippen molar-refractivity contribution >= 4 is 5.52 Å². The van der Waals surface area contributed by atoms with Crippen molar-refractivity contribution in [2.75, 3.05) is 0 Å². The summed E-state index contributed by atoms with van der Waals surface area (Å²) in [5.74, 6) is 0. The summed E-state index contributed by atoms with van der Waals surface area (Å²) in [5.41, 5.74) is 3.31. The zero-order chi connectivity index (χ0) is 9.26. The van der Waals surface area contributed by atoms with Gasteiger partial charge in [0.25, 0.3) is 0 Å². The summed E-state index contributed by atoms with van der Waals surface area (Å²) in [6.45, 7) is 4.16. The first kappa shape index (κ1) is 8.23. The molecule has 3 heteroatoms. The number of rotatable bonds is 2. The monoisotopic (exact) mass is 175 g/mol. The second-order valence-electron chi connectivity index (χ2n) is 3.24. The number of nitrogens with zero attached hydrogens (tertiary/aromatic N) is 3. The lowest BCUT2D eigenvalue weighted by Gasteiger charge is -2.02. The quantitative estimate of drug-likeness (QED) is 0.698. The van der Waals surface area contributed by atoms with Gasteiger partial charge in [0.05, 0.1) is 29.3 Å². The lowest BCUT2D eigenvalue weighted by molar-refractivity contribution is 0.844. The van der Waals surface area contributed by atoms with Crippen LogP contribution in [-0.2, 0) is 6.42 Å². The maximum Gasteiger partial charge on any atom is 0.0877 e. The Morgan fingerprint density at radius 2 is 2.31 bits per heavy atom. The Kier molecular flexibility index (Phi) is 2.00. The van der Waals surface area contributed by atoms with Crippen LogP contribution in [0.25, 0.3) is 5.52 Å². The highest BCUT2D eigenvalue weighted by molar-refractivity contribution is 5.50. The highest BCUT2D eigenvalue weighted by Gasteiger charge is 2.03. The van der Waals surface area contributed by atoms with Crippen molar-refractivity contribution in [1.82, 2.24) is 14.6 Å². The maximum atomic E-state index is 4.50. The Hall–Kier alpha value is -1.38. The predicted octanol–water partition coefficient (Wildman–Crippen LogP) is 1.99. The van der Waals surface area contributed by atoms with Crippen LogP contribution in [-0.4, -0.2) is 14.6 Å². The minimum Gasteiger partial charge on any atom is -0.254 e. The van der Waals surface area contributed by atoms with Crippen LogP contribution in [0, 0.1) is 6.92 Å². The van der Waals surface area contributed by atoms with Gasteiger partial charge in [-0.05, 0) is 19.4 Å². The molecule has 0 aliphatic carbocycles. The summed E-state index contributed by atoms with van der Waals surface area (Å²) in [7, 11) is 0. The molecule has 0 saturated carbocycles. The van der Waals surface area contributed by atoms with E-state index in [1.54, 1.807) is 0 Å². The normalized spacial score (nSPS) is 10.9. The van der Waals surface area contributed by atoms with E-state index in [2.05, 4.69) is 17.0 Å². The van der Waals surface area contributed by atoms with Crippen LogP contribution in [0.15, 0.2) is 18.5 Å². The van der Waals surface area contributed by atoms with Crippen LogP contribution < -0.4 is 0 Å². The molecule has 0 unspecified atom stereocenters. The van der Waals surface area contributed by atoms with E-state index in [1.165, 1.54) is 0 Å². The molecular formula is C10H13N3. The molecule has 2 aromatic heterocycles. The molecular weight excluding hydrogens is 162 g/mol. The van der Waals surface area contributed by atoms with Crippen molar-refractivity contribution in [2.24, 2.45) is 0 Å². The minimum atomic E-state index is 1.02. The van der Waals surface area contributed by atoms with Gasteiger partial charge in [-0.3, -0.25) is 4.98 Å². The molecule has 0 spiro atoms. The number of aryl methyl sites for hydroxylation is 2. The molecule has 2 rings (SSSR count). The highest BCUT2D eigenvalue weighted by atomic mass is 15.2. The SMILES string of the molecule is CCCc1nc(C)cn2nccc12. The van der Waals surface area contributed by atoms with Crippen molar-refractivity contribution in [3.8, 4) is 0 Å². The first-order chi connectivity index (χ1) is 6.31. The van der Waals surface area contributed by atoms with Gasteiger partial charge in [-0.25, -0.2) is 4.52 Å². The summed E-state index contributed by atoms with van der Waals surface area (Å²) in [6.07, 6.45) is 5.91. The van der Waals surface area contributed by atoms with Crippen molar-refractivity contribution < 1.29 is 0 Å². The summed E-state index contributed by atoms with van der Waals surface area (Å²) in [5, 5.41) is 4.20. The summed E-state index contributed by atoms with van der Waals surface area (Å²) >= 11 is 0. The molecule has 0 aliphatic rings. The lowest BCUT2D eigenvalue weighted by atomic mass is 10.2. The summed E-state index contributed by atoms with van der Waals surface area (Å²) in [6, 6.07) is 2.01. The fourth-order valence-electron chi connectivity index (χ4n) is 1.54. The van der Waals surface area contributed by atoms with E-state index in [1.807, 2.05) is 29.9 Å². The molecule has 13 heavy (non-hydrogen) atoms. The third-order valence-electron chi connectivity index (χ3n) is 2.07. The smallest absolute Gasteiger partial charge is 0.0877 e. The van der Waals surface area contributed by atoms with Crippen molar-refractivity contribution in [2.45, 2.75) is 26.7 Å². The number of hydrogen-bond acceptors (Lipinski definition) is 2. The van der Waals surface area contributed by atoms with Gasteiger partial charge in [0.1, 0.15) is 0 Å².